The number of carbonyl (C=O) groups is 3. The number of benzene rings is 1. The van der Waals surface area contributed by atoms with Crippen LogP contribution in [0.25, 0.3) is 0 Å². The van der Waals surface area contributed by atoms with E-state index in [1.54, 1.807) is 20.8 Å². The van der Waals surface area contributed by atoms with Gasteiger partial charge in [0.25, 0.3) is 0 Å². The van der Waals surface area contributed by atoms with Crippen LogP contribution in [0.5, 0.6) is 0 Å². The highest BCUT2D eigenvalue weighted by atomic mass is 127. The zero-order chi connectivity index (χ0) is 21.8. The van der Waals surface area contributed by atoms with Crippen LogP contribution < -0.4 is 11.1 Å². The monoisotopic (exact) mass is 515 g/mol. The average molecular weight is 515 g/mol. The van der Waals surface area contributed by atoms with Gasteiger partial charge in [-0.2, -0.15) is 0 Å². The van der Waals surface area contributed by atoms with Gasteiger partial charge in [-0.1, -0.05) is 12.1 Å². The first-order valence-corrected chi connectivity index (χ1v) is 10.9. The van der Waals surface area contributed by atoms with Crippen LogP contribution in [0, 0.1) is 3.57 Å². The SMILES string of the molecule is C[C@H]1CCC[C@@H](C(=O)N[C@@H](Cc2ccc(I)cc2)C(N)=O)N1C(=O)OC(C)(C)C. The molecule has 160 valence electrons. The number of ether oxygens (including phenoxy) is 1. The van der Waals surface area contributed by atoms with Gasteiger partial charge in [-0.05, 0) is 87.2 Å². The largest absolute Gasteiger partial charge is 0.444 e. The van der Waals surface area contributed by atoms with Crippen molar-refractivity contribution in [3.8, 4) is 0 Å². The van der Waals surface area contributed by atoms with Gasteiger partial charge in [0.2, 0.25) is 11.8 Å². The van der Waals surface area contributed by atoms with Gasteiger partial charge in [0.05, 0.1) is 0 Å². The summed E-state index contributed by atoms with van der Waals surface area (Å²) in [6, 6.07) is 6.01. The van der Waals surface area contributed by atoms with Gasteiger partial charge in [0, 0.05) is 16.0 Å². The second-order valence-corrected chi connectivity index (χ2v) is 9.72. The number of hydrogen-bond acceptors (Lipinski definition) is 4. The quantitative estimate of drug-likeness (QED) is 0.589. The Hall–Kier alpha value is -1.84. The first kappa shape index (κ1) is 23.4. The smallest absolute Gasteiger partial charge is 0.411 e. The van der Waals surface area contributed by atoms with Gasteiger partial charge in [-0.15, -0.1) is 0 Å². The molecule has 29 heavy (non-hydrogen) atoms. The van der Waals surface area contributed by atoms with Crippen molar-refractivity contribution >= 4 is 40.5 Å². The van der Waals surface area contributed by atoms with Crippen molar-refractivity contribution in [2.45, 2.75) is 77.1 Å². The third-order valence-electron chi connectivity index (χ3n) is 4.83. The molecule has 0 bridgehead atoms. The molecule has 0 radical (unpaired) electrons. The molecule has 0 aliphatic carbocycles. The fraction of sp³-hybridized carbons (Fsp3) is 0.571. The van der Waals surface area contributed by atoms with Crippen LogP contribution in [0.1, 0.15) is 52.5 Å². The summed E-state index contributed by atoms with van der Waals surface area (Å²) in [6.07, 6.45) is 1.91. The number of piperidine rings is 1. The van der Waals surface area contributed by atoms with E-state index in [0.29, 0.717) is 12.8 Å². The zero-order valence-electron chi connectivity index (χ0n) is 17.4. The fourth-order valence-corrected chi connectivity index (χ4v) is 3.78. The van der Waals surface area contributed by atoms with E-state index in [1.807, 2.05) is 31.2 Å². The average Bonchev–Trinajstić information content (AvgIpc) is 2.60. The Balaban J connectivity index is 2.14. The van der Waals surface area contributed by atoms with Crippen LogP contribution in [-0.4, -0.2) is 46.5 Å². The van der Waals surface area contributed by atoms with E-state index >= 15 is 0 Å². The molecule has 2 rings (SSSR count). The first-order chi connectivity index (χ1) is 13.5. The number of nitrogens with zero attached hydrogens (tertiary/aromatic N) is 1. The minimum Gasteiger partial charge on any atom is -0.444 e. The third-order valence-corrected chi connectivity index (χ3v) is 5.55. The number of halogens is 1. The standard InChI is InChI=1S/C21H30IN3O4/c1-13-6-5-7-17(25(13)20(28)29-21(2,3)4)19(27)24-16(18(23)26)12-14-8-10-15(22)11-9-14/h8-11,13,16-17H,5-7,12H2,1-4H3,(H2,23,26)(H,24,27)/t13-,16-,17-/m0/s1. The molecule has 1 aliphatic rings. The number of nitrogens with one attached hydrogen (secondary N) is 1. The number of amides is 3. The van der Waals surface area contributed by atoms with Gasteiger partial charge in [0.15, 0.2) is 0 Å². The maximum atomic E-state index is 13.0. The van der Waals surface area contributed by atoms with Gasteiger partial charge in [-0.25, -0.2) is 4.79 Å². The minimum atomic E-state index is -0.847. The molecule has 3 amide bonds. The maximum absolute atomic E-state index is 13.0. The van der Waals surface area contributed by atoms with E-state index in [1.165, 1.54) is 4.90 Å². The van der Waals surface area contributed by atoms with E-state index in [-0.39, 0.29) is 11.9 Å². The van der Waals surface area contributed by atoms with Crippen molar-refractivity contribution in [1.82, 2.24) is 10.2 Å². The Morgan fingerprint density at radius 2 is 1.86 bits per heavy atom. The van der Waals surface area contributed by atoms with Crippen LogP contribution in [0.3, 0.4) is 0 Å². The van der Waals surface area contributed by atoms with E-state index in [9.17, 15) is 14.4 Å². The second kappa shape index (κ2) is 9.77. The Labute approximate surface area is 185 Å². The van der Waals surface area contributed by atoms with E-state index in [0.717, 1.165) is 22.0 Å². The Morgan fingerprint density at radius 1 is 1.24 bits per heavy atom. The zero-order valence-corrected chi connectivity index (χ0v) is 19.6. The molecule has 1 heterocycles. The van der Waals surface area contributed by atoms with Gasteiger partial charge in [0.1, 0.15) is 17.7 Å². The van der Waals surface area contributed by atoms with Crippen molar-refractivity contribution < 1.29 is 19.1 Å². The molecule has 0 saturated carbocycles. The lowest BCUT2D eigenvalue weighted by Crippen LogP contribution is -2.59. The molecule has 0 unspecified atom stereocenters. The summed E-state index contributed by atoms with van der Waals surface area (Å²) in [5.41, 5.74) is 5.78. The van der Waals surface area contributed by atoms with Crippen LogP contribution in [0.15, 0.2) is 24.3 Å². The molecule has 3 N–H and O–H groups in total. The summed E-state index contributed by atoms with van der Waals surface area (Å²) in [5.74, 6) is -0.985. The Kier molecular flexibility index (Phi) is 7.90. The summed E-state index contributed by atoms with van der Waals surface area (Å²) in [7, 11) is 0. The van der Waals surface area contributed by atoms with Crippen molar-refractivity contribution in [3.63, 3.8) is 0 Å². The highest BCUT2D eigenvalue weighted by Crippen LogP contribution is 2.25. The van der Waals surface area contributed by atoms with Crippen LogP contribution >= 0.6 is 22.6 Å². The lowest BCUT2D eigenvalue weighted by molar-refractivity contribution is -0.132. The van der Waals surface area contributed by atoms with Crippen LogP contribution in [0.4, 0.5) is 4.79 Å². The van der Waals surface area contributed by atoms with E-state index in [4.69, 9.17) is 10.5 Å². The summed E-state index contributed by atoms with van der Waals surface area (Å²) in [4.78, 5) is 39.2. The molecule has 0 spiro atoms. The van der Waals surface area contributed by atoms with Gasteiger partial charge in [-0.3, -0.25) is 14.5 Å². The van der Waals surface area contributed by atoms with Crippen molar-refractivity contribution in [2.24, 2.45) is 5.73 Å². The summed E-state index contributed by atoms with van der Waals surface area (Å²) in [5, 5.41) is 2.75. The number of nitrogens with two attached hydrogens (primary N) is 1. The maximum Gasteiger partial charge on any atom is 0.411 e. The lowest BCUT2D eigenvalue weighted by Gasteiger charge is -2.40. The molecular weight excluding hydrogens is 485 g/mol. The molecule has 8 heteroatoms. The van der Waals surface area contributed by atoms with Crippen molar-refractivity contribution in [1.29, 1.82) is 0 Å². The normalized spacial score (nSPS) is 20.7. The lowest BCUT2D eigenvalue weighted by atomic mass is 9.95. The Bertz CT molecular complexity index is 745. The molecule has 1 aromatic rings. The molecule has 3 atom stereocenters. The van der Waals surface area contributed by atoms with E-state index in [2.05, 4.69) is 27.9 Å². The topological polar surface area (TPSA) is 102 Å². The first-order valence-electron chi connectivity index (χ1n) is 9.83. The van der Waals surface area contributed by atoms with E-state index < -0.39 is 29.7 Å². The van der Waals surface area contributed by atoms with Crippen LogP contribution in [0.2, 0.25) is 0 Å². The van der Waals surface area contributed by atoms with Crippen molar-refractivity contribution in [2.75, 3.05) is 0 Å². The van der Waals surface area contributed by atoms with Crippen molar-refractivity contribution in [3.05, 3.63) is 33.4 Å². The number of carbonyl (C=O) groups excluding carboxylic acids is 3. The Morgan fingerprint density at radius 3 is 2.41 bits per heavy atom. The fourth-order valence-electron chi connectivity index (χ4n) is 3.42. The number of hydrogen-bond donors (Lipinski definition) is 2. The number of likely N-dealkylation sites (tertiary alicyclic amines) is 1. The summed E-state index contributed by atoms with van der Waals surface area (Å²) >= 11 is 2.20. The predicted molar refractivity (Wildman–Crippen MR) is 119 cm³/mol. The van der Waals surface area contributed by atoms with Crippen LogP contribution in [-0.2, 0) is 20.7 Å². The molecule has 7 nitrogen and oxygen atoms in total. The molecule has 1 aromatic carbocycles. The number of primary amides is 1. The number of rotatable bonds is 5. The molecular formula is C21H30IN3O4. The highest BCUT2D eigenvalue weighted by molar-refractivity contribution is 14.1. The summed E-state index contributed by atoms with van der Waals surface area (Å²) in [6.45, 7) is 7.27. The van der Waals surface area contributed by atoms with Gasteiger partial charge < -0.3 is 15.8 Å². The molecule has 1 fully saturated rings. The second-order valence-electron chi connectivity index (χ2n) is 8.48. The highest BCUT2D eigenvalue weighted by Gasteiger charge is 2.39. The molecule has 0 aromatic heterocycles. The minimum absolute atomic E-state index is 0.127. The predicted octanol–water partition coefficient (Wildman–Crippen LogP) is 2.98. The molecule has 1 aliphatic heterocycles. The molecule has 1 saturated heterocycles. The third kappa shape index (κ3) is 6.87. The van der Waals surface area contributed by atoms with Gasteiger partial charge >= 0.3 is 6.09 Å². The summed E-state index contributed by atoms with van der Waals surface area (Å²) < 4.78 is 6.58.